The fourth-order valence-electron chi connectivity index (χ4n) is 7.69. The van der Waals surface area contributed by atoms with Crippen LogP contribution in [0.15, 0.2) is 12.2 Å². The van der Waals surface area contributed by atoms with Gasteiger partial charge in [0.05, 0.1) is 39.9 Å². The van der Waals surface area contributed by atoms with Crippen LogP contribution < -0.4 is 5.32 Å². The van der Waals surface area contributed by atoms with E-state index in [1.807, 2.05) is 21.1 Å². The number of phosphoric acid groups is 1. The van der Waals surface area contributed by atoms with Crippen molar-refractivity contribution in [2.75, 3.05) is 40.9 Å². The van der Waals surface area contributed by atoms with Gasteiger partial charge in [-0.3, -0.25) is 13.8 Å². The highest BCUT2D eigenvalue weighted by Crippen LogP contribution is 2.43. The Morgan fingerprint density at radius 2 is 0.915 bits per heavy atom. The van der Waals surface area contributed by atoms with Crippen LogP contribution >= 0.6 is 7.82 Å². The molecule has 0 spiro atoms. The second-order valence-electron chi connectivity index (χ2n) is 18.9. The highest BCUT2D eigenvalue weighted by atomic mass is 31.2. The Morgan fingerprint density at radius 3 is 1.31 bits per heavy atom. The lowest BCUT2D eigenvalue weighted by atomic mass is 10.0. The molecule has 1 amide bonds. The molecule has 0 saturated carbocycles. The number of amides is 1. The molecule has 0 aromatic carbocycles. The van der Waals surface area contributed by atoms with Crippen molar-refractivity contribution < 1.29 is 32.9 Å². The largest absolute Gasteiger partial charge is 0.472 e. The lowest BCUT2D eigenvalue weighted by Gasteiger charge is -2.26. The molecule has 3 N–H and O–H groups in total. The van der Waals surface area contributed by atoms with Crippen LogP contribution in [0.3, 0.4) is 0 Å². The average molecular weight is 858 g/mol. The number of nitrogens with zero attached hydrogens (tertiary/aromatic N) is 1. The quantitative estimate of drug-likeness (QED) is 0.0244. The molecule has 0 aromatic heterocycles. The number of likely N-dealkylation sites (N-methyl/N-ethyl adjacent to an activating group) is 1. The molecule has 0 aliphatic heterocycles. The minimum Gasteiger partial charge on any atom is -0.391 e. The highest BCUT2D eigenvalue weighted by Gasteiger charge is 2.28. The minimum absolute atomic E-state index is 0.0760. The van der Waals surface area contributed by atoms with Crippen LogP contribution in [0.5, 0.6) is 0 Å². The molecule has 9 heteroatoms. The molecular weight excluding hydrogens is 756 g/mol. The molecular formula is C50H102N2O6P+. The van der Waals surface area contributed by atoms with Gasteiger partial charge in [0, 0.05) is 6.42 Å². The third-order valence-corrected chi connectivity index (χ3v) is 12.7. The number of nitrogens with one attached hydrogen (secondary N) is 1. The number of unbranched alkanes of at least 4 members (excludes halogenated alkanes) is 32. The fourth-order valence-corrected chi connectivity index (χ4v) is 8.43. The van der Waals surface area contributed by atoms with E-state index in [2.05, 4.69) is 31.3 Å². The first-order valence-electron chi connectivity index (χ1n) is 25.6. The van der Waals surface area contributed by atoms with Crippen molar-refractivity contribution in [2.45, 2.75) is 264 Å². The number of rotatable bonds is 47. The number of allylic oxidation sites excluding steroid dienone is 2. The Bertz CT molecular complexity index is 974. The number of phosphoric ester groups is 1. The van der Waals surface area contributed by atoms with Crippen LogP contribution in [0.2, 0.25) is 0 Å². The van der Waals surface area contributed by atoms with Crippen LogP contribution in [0, 0.1) is 0 Å². The highest BCUT2D eigenvalue weighted by molar-refractivity contribution is 7.47. The molecule has 3 unspecified atom stereocenters. The summed E-state index contributed by atoms with van der Waals surface area (Å²) in [6.07, 6.45) is 49.5. The number of carbonyl (C=O) groups is 1. The van der Waals surface area contributed by atoms with E-state index in [9.17, 15) is 19.4 Å². The molecule has 0 bridgehead atoms. The summed E-state index contributed by atoms with van der Waals surface area (Å²) in [6.45, 7) is 4.91. The summed E-state index contributed by atoms with van der Waals surface area (Å²) in [5, 5.41) is 14.0. The summed E-state index contributed by atoms with van der Waals surface area (Å²) >= 11 is 0. The predicted octanol–water partition coefficient (Wildman–Crippen LogP) is 14.7. The number of aliphatic hydroxyl groups excluding tert-OH is 1. The van der Waals surface area contributed by atoms with Gasteiger partial charge in [-0.05, 0) is 38.5 Å². The number of carbonyl (C=O) groups excluding carboxylic acids is 1. The van der Waals surface area contributed by atoms with E-state index in [1.165, 1.54) is 186 Å². The first kappa shape index (κ1) is 58.2. The summed E-state index contributed by atoms with van der Waals surface area (Å²) in [6, 6.07) is -0.759. The molecule has 0 radical (unpaired) electrons. The zero-order chi connectivity index (χ0) is 43.6. The lowest BCUT2D eigenvalue weighted by Crippen LogP contribution is -2.46. The summed E-state index contributed by atoms with van der Waals surface area (Å²) in [7, 11) is 1.62. The molecule has 0 fully saturated rings. The number of quaternary nitrogens is 1. The summed E-state index contributed by atoms with van der Waals surface area (Å²) in [5.41, 5.74) is 0. The van der Waals surface area contributed by atoms with E-state index in [0.29, 0.717) is 23.9 Å². The van der Waals surface area contributed by atoms with Crippen molar-refractivity contribution in [3.8, 4) is 0 Å². The second kappa shape index (κ2) is 42.5. The minimum atomic E-state index is -4.32. The molecule has 3 atom stereocenters. The van der Waals surface area contributed by atoms with Gasteiger partial charge in [-0.15, -0.1) is 0 Å². The van der Waals surface area contributed by atoms with Gasteiger partial charge >= 0.3 is 7.82 Å². The first-order chi connectivity index (χ1) is 28.5. The summed E-state index contributed by atoms with van der Waals surface area (Å²) < 4.78 is 23.7. The molecule has 0 heterocycles. The van der Waals surface area contributed by atoms with Crippen molar-refractivity contribution >= 4 is 13.7 Å². The maximum absolute atomic E-state index is 12.9. The van der Waals surface area contributed by atoms with Crippen molar-refractivity contribution in [3.05, 3.63) is 12.2 Å². The standard InChI is InChI=1S/C50H101N2O6P/c1-6-8-10-12-14-16-18-20-22-24-25-26-28-30-32-34-36-38-40-42-44-50(54)51-48(47-58-59(55,56)57-46-45-52(3,4)5)49(53)43-41-39-37-35-33-31-29-27-23-21-19-17-15-13-11-9-7-2/h25-26,48-49,53H,6-24,27-47H2,1-5H3,(H-,51,54,55,56)/p+1/b26-25-. The van der Waals surface area contributed by atoms with E-state index in [1.54, 1.807) is 0 Å². The molecule has 0 saturated heterocycles. The van der Waals surface area contributed by atoms with Gasteiger partial charge in [0.25, 0.3) is 0 Å². The van der Waals surface area contributed by atoms with Crippen molar-refractivity contribution in [1.82, 2.24) is 5.32 Å². The van der Waals surface area contributed by atoms with Gasteiger partial charge in [-0.1, -0.05) is 219 Å². The van der Waals surface area contributed by atoms with E-state index >= 15 is 0 Å². The zero-order valence-corrected chi connectivity index (χ0v) is 40.9. The summed E-state index contributed by atoms with van der Waals surface area (Å²) in [5.74, 6) is -0.145. The van der Waals surface area contributed by atoms with E-state index in [-0.39, 0.29) is 19.1 Å². The molecule has 0 aliphatic rings. The van der Waals surface area contributed by atoms with E-state index in [0.717, 1.165) is 38.5 Å². The van der Waals surface area contributed by atoms with Gasteiger partial charge in [-0.2, -0.15) is 0 Å². The molecule has 0 rings (SSSR count). The summed E-state index contributed by atoms with van der Waals surface area (Å²) in [4.78, 5) is 23.2. The second-order valence-corrected chi connectivity index (χ2v) is 20.4. The van der Waals surface area contributed by atoms with Gasteiger partial charge in [0.15, 0.2) is 0 Å². The van der Waals surface area contributed by atoms with Gasteiger partial charge in [-0.25, -0.2) is 4.57 Å². The van der Waals surface area contributed by atoms with Crippen LogP contribution in [0.4, 0.5) is 0 Å². The fraction of sp³-hybridized carbons (Fsp3) is 0.940. The molecule has 0 aromatic rings. The third kappa shape index (κ3) is 45.1. The maximum atomic E-state index is 12.9. The van der Waals surface area contributed by atoms with Crippen molar-refractivity contribution in [3.63, 3.8) is 0 Å². The van der Waals surface area contributed by atoms with Gasteiger partial charge < -0.3 is 19.8 Å². The Hall–Kier alpha value is -0.760. The van der Waals surface area contributed by atoms with E-state index in [4.69, 9.17) is 9.05 Å². The first-order valence-corrected chi connectivity index (χ1v) is 27.0. The smallest absolute Gasteiger partial charge is 0.391 e. The Morgan fingerprint density at radius 1 is 0.559 bits per heavy atom. The van der Waals surface area contributed by atoms with Crippen LogP contribution in [-0.2, 0) is 18.4 Å². The van der Waals surface area contributed by atoms with Crippen LogP contribution in [0.1, 0.15) is 251 Å². The lowest BCUT2D eigenvalue weighted by molar-refractivity contribution is -0.870. The number of hydrogen-bond donors (Lipinski definition) is 3. The van der Waals surface area contributed by atoms with Crippen LogP contribution in [-0.4, -0.2) is 73.4 Å². The zero-order valence-electron chi connectivity index (χ0n) is 40.0. The average Bonchev–Trinajstić information content (AvgIpc) is 3.19. The topological polar surface area (TPSA) is 105 Å². The molecule has 0 aliphatic carbocycles. The molecule has 8 nitrogen and oxygen atoms in total. The number of aliphatic hydroxyl groups is 1. The van der Waals surface area contributed by atoms with Crippen molar-refractivity contribution in [2.24, 2.45) is 0 Å². The Kier molecular flexibility index (Phi) is 42.0. The monoisotopic (exact) mass is 858 g/mol. The van der Waals surface area contributed by atoms with Gasteiger partial charge in [0.2, 0.25) is 5.91 Å². The Labute approximate surface area is 367 Å². The SMILES string of the molecule is CCCCCCCCCCC/C=C\CCCCCCCCCC(=O)NC(COP(=O)(O)OCC[N+](C)(C)C)C(O)CCCCCCCCCCCCCCCCCCC. The van der Waals surface area contributed by atoms with E-state index < -0.39 is 20.0 Å². The predicted molar refractivity (Wildman–Crippen MR) is 254 cm³/mol. The maximum Gasteiger partial charge on any atom is 0.472 e. The third-order valence-electron chi connectivity index (χ3n) is 11.8. The normalized spacial score (nSPS) is 14.2. The molecule has 352 valence electrons. The molecule has 59 heavy (non-hydrogen) atoms. The van der Waals surface area contributed by atoms with Gasteiger partial charge in [0.1, 0.15) is 13.2 Å². The van der Waals surface area contributed by atoms with Crippen molar-refractivity contribution in [1.29, 1.82) is 0 Å². The Balaban J connectivity index is 4.25. The van der Waals surface area contributed by atoms with Crippen LogP contribution in [0.25, 0.3) is 0 Å². The number of hydrogen-bond acceptors (Lipinski definition) is 5.